The van der Waals surface area contributed by atoms with E-state index >= 15 is 0 Å². The summed E-state index contributed by atoms with van der Waals surface area (Å²) in [7, 11) is 1.38. The molecule has 1 saturated carbocycles. The molecule has 7 nitrogen and oxygen atoms in total. The number of benzene rings is 2. The number of esters is 1. The second-order valence-corrected chi connectivity index (χ2v) is 10.8. The molecule has 3 aliphatic rings. The number of rotatable bonds is 5. The molecule has 7 heteroatoms. The van der Waals surface area contributed by atoms with Crippen LogP contribution >= 0.6 is 0 Å². The van der Waals surface area contributed by atoms with Crippen LogP contribution < -0.4 is 5.32 Å². The molecule has 2 aliphatic heterocycles. The third kappa shape index (κ3) is 4.25. The third-order valence-electron chi connectivity index (χ3n) is 8.37. The smallest absolute Gasteiger partial charge is 0.339 e. The quantitative estimate of drug-likeness (QED) is 0.616. The molecule has 2 aromatic carbocycles. The first-order chi connectivity index (χ1) is 17.2. The molecule has 190 valence electrons. The van der Waals surface area contributed by atoms with Gasteiger partial charge in [-0.3, -0.25) is 9.59 Å². The molecule has 5 rings (SSSR count). The summed E-state index contributed by atoms with van der Waals surface area (Å²) >= 11 is 0. The number of nitrogens with one attached hydrogen (secondary N) is 1. The van der Waals surface area contributed by atoms with Crippen molar-refractivity contribution < 1.29 is 19.1 Å². The Bertz CT molecular complexity index is 1210. The van der Waals surface area contributed by atoms with Crippen LogP contribution in [0.2, 0.25) is 0 Å². The van der Waals surface area contributed by atoms with Crippen LogP contribution in [0.3, 0.4) is 0 Å². The van der Waals surface area contributed by atoms with E-state index in [0.29, 0.717) is 17.8 Å². The van der Waals surface area contributed by atoms with Gasteiger partial charge in [-0.25, -0.2) is 4.79 Å². The molecule has 0 radical (unpaired) electrons. The average molecular weight is 490 g/mol. The first-order valence-corrected chi connectivity index (χ1v) is 12.8. The lowest BCUT2D eigenvalue weighted by Crippen LogP contribution is -2.60. The number of para-hydroxylation sites is 1. The fourth-order valence-corrected chi connectivity index (χ4v) is 6.33. The van der Waals surface area contributed by atoms with Crippen molar-refractivity contribution in [1.29, 1.82) is 0 Å². The molecule has 2 amide bonds. The van der Waals surface area contributed by atoms with E-state index in [1.54, 1.807) is 13.0 Å². The van der Waals surface area contributed by atoms with E-state index in [0.717, 1.165) is 61.0 Å². The van der Waals surface area contributed by atoms with Gasteiger partial charge in [0.2, 0.25) is 5.91 Å². The number of likely N-dealkylation sites (tertiary alicyclic amines) is 1. The molecule has 1 aliphatic carbocycles. The van der Waals surface area contributed by atoms with Crippen molar-refractivity contribution in [1.82, 2.24) is 9.80 Å². The molecule has 2 heterocycles. The lowest BCUT2D eigenvalue weighted by molar-refractivity contribution is -0.143. The number of carbonyl (C=O) groups is 3. The normalized spacial score (nSPS) is 19.6. The summed E-state index contributed by atoms with van der Waals surface area (Å²) in [6, 6.07) is 11.6. The maximum absolute atomic E-state index is 13.5. The predicted molar refractivity (Wildman–Crippen MR) is 138 cm³/mol. The maximum atomic E-state index is 13.5. The number of carbonyl (C=O) groups excluding carboxylic acids is 3. The minimum atomic E-state index is -0.380. The van der Waals surface area contributed by atoms with Gasteiger partial charge in [-0.05, 0) is 74.4 Å². The Hall–Kier alpha value is -3.35. The van der Waals surface area contributed by atoms with Gasteiger partial charge >= 0.3 is 5.97 Å². The molecule has 2 fully saturated rings. The van der Waals surface area contributed by atoms with E-state index in [4.69, 9.17) is 4.74 Å². The van der Waals surface area contributed by atoms with Crippen molar-refractivity contribution in [3.8, 4) is 0 Å². The summed E-state index contributed by atoms with van der Waals surface area (Å²) in [6.07, 6.45) is 4.10. The highest BCUT2D eigenvalue weighted by molar-refractivity contribution is 5.99. The van der Waals surface area contributed by atoms with Crippen molar-refractivity contribution in [2.75, 3.05) is 25.5 Å². The number of ether oxygens (including phenoxy) is 1. The lowest BCUT2D eigenvalue weighted by atomic mass is 9.67. The van der Waals surface area contributed by atoms with Crippen LogP contribution in [0.15, 0.2) is 36.4 Å². The zero-order valence-electron chi connectivity index (χ0n) is 21.6. The van der Waals surface area contributed by atoms with Crippen molar-refractivity contribution in [2.45, 2.75) is 65.1 Å². The highest BCUT2D eigenvalue weighted by Crippen LogP contribution is 2.46. The van der Waals surface area contributed by atoms with Gasteiger partial charge in [0.25, 0.3) is 5.91 Å². The summed E-state index contributed by atoms with van der Waals surface area (Å²) < 4.78 is 4.95. The summed E-state index contributed by atoms with van der Waals surface area (Å²) in [5, 5.41) is 3.48. The van der Waals surface area contributed by atoms with Gasteiger partial charge in [0.15, 0.2) is 0 Å². The van der Waals surface area contributed by atoms with Crippen LogP contribution in [0.5, 0.6) is 0 Å². The second kappa shape index (κ2) is 9.26. The van der Waals surface area contributed by atoms with Gasteiger partial charge in [-0.2, -0.15) is 0 Å². The standard InChI is InChI=1S/C29H35N3O4/c1-18-13-23(19(2)30-26-8-6-5-7-22(26)28(35)36-4)25-15-32(27(34)24(25)14-18)21-9-11-29(12-10-21)16-31(17-29)20(3)33/h5-8,13-14,19,21,30H,9-12,15-17H2,1-4H3. The van der Waals surface area contributed by atoms with Gasteiger partial charge in [0.05, 0.1) is 12.7 Å². The Morgan fingerprint density at radius 1 is 1.14 bits per heavy atom. The van der Waals surface area contributed by atoms with Crippen LogP contribution in [-0.4, -0.2) is 53.8 Å². The Morgan fingerprint density at radius 3 is 2.50 bits per heavy atom. The van der Waals surface area contributed by atoms with E-state index in [-0.39, 0.29) is 35.3 Å². The van der Waals surface area contributed by atoms with E-state index < -0.39 is 0 Å². The topological polar surface area (TPSA) is 79.0 Å². The number of anilines is 1. The minimum Gasteiger partial charge on any atom is -0.465 e. The monoisotopic (exact) mass is 489 g/mol. The number of fused-ring (bicyclic) bond motifs is 1. The van der Waals surface area contributed by atoms with E-state index in [2.05, 4.69) is 23.2 Å². The van der Waals surface area contributed by atoms with Gasteiger partial charge in [-0.15, -0.1) is 0 Å². The molecule has 1 atom stereocenters. The van der Waals surface area contributed by atoms with Crippen LogP contribution in [0, 0.1) is 12.3 Å². The summed E-state index contributed by atoms with van der Waals surface area (Å²) in [6.45, 7) is 8.08. The largest absolute Gasteiger partial charge is 0.465 e. The fraction of sp³-hybridized carbons (Fsp3) is 0.483. The fourth-order valence-electron chi connectivity index (χ4n) is 6.33. The minimum absolute atomic E-state index is 0.0978. The Kier molecular flexibility index (Phi) is 6.27. The molecule has 2 aromatic rings. The van der Waals surface area contributed by atoms with Crippen LogP contribution in [-0.2, 0) is 16.1 Å². The van der Waals surface area contributed by atoms with E-state index in [9.17, 15) is 14.4 Å². The molecule has 36 heavy (non-hydrogen) atoms. The molecule has 1 saturated heterocycles. The van der Waals surface area contributed by atoms with Gasteiger partial charge in [0, 0.05) is 55.3 Å². The molecule has 0 aromatic heterocycles. The van der Waals surface area contributed by atoms with Crippen molar-refractivity contribution in [3.63, 3.8) is 0 Å². The average Bonchev–Trinajstić information content (AvgIpc) is 3.17. The van der Waals surface area contributed by atoms with Gasteiger partial charge in [-0.1, -0.05) is 18.2 Å². The first kappa shape index (κ1) is 24.3. The van der Waals surface area contributed by atoms with Gasteiger partial charge in [0.1, 0.15) is 0 Å². The number of nitrogens with zero attached hydrogens (tertiary/aromatic N) is 2. The predicted octanol–water partition coefficient (Wildman–Crippen LogP) is 4.70. The van der Waals surface area contributed by atoms with Crippen LogP contribution in [0.25, 0.3) is 0 Å². The summed E-state index contributed by atoms with van der Waals surface area (Å²) in [5.41, 5.74) is 5.47. The van der Waals surface area contributed by atoms with Gasteiger partial charge < -0.3 is 19.9 Å². The third-order valence-corrected chi connectivity index (χ3v) is 8.37. The van der Waals surface area contributed by atoms with Crippen LogP contribution in [0.1, 0.15) is 83.0 Å². The molecule has 1 N–H and O–H groups in total. The second-order valence-electron chi connectivity index (χ2n) is 10.8. The molecule has 1 unspecified atom stereocenters. The van der Waals surface area contributed by atoms with Crippen molar-refractivity contribution in [3.05, 3.63) is 64.2 Å². The Morgan fingerprint density at radius 2 is 1.83 bits per heavy atom. The SMILES string of the molecule is COC(=O)c1ccccc1NC(C)c1cc(C)cc2c1CN(C1CCC3(CC1)CN(C(C)=O)C3)C2=O. The Labute approximate surface area is 212 Å². The van der Waals surface area contributed by atoms with Crippen molar-refractivity contribution in [2.24, 2.45) is 5.41 Å². The number of hydrogen-bond donors (Lipinski definition) is 1. The zero-order chi connectivity index (χ0) is 25.6. The number of amides is 2. The number of aryl methyl sites for hydroxylation is 1. The maximum Gasteiger partial charge on any atom is 0.339 e. The Balaban J connectivity index is 1.33. The highest BCUT2D eigenvalue weighted by atomic mass is 16.5. The summed E-state index contributed by atoms with van der Waals surface area (Å²) in [4.78, 5) is 41.4. The molecule has 1 spiro atoms. The number of hydrogen-bond acceptors (Lipinski definition) is 5. The van der Waals surface area contributed by atoms with E-state index in [1.807, 2.05) is 36.1 Å². The van der Waals surface area contributed by atoms with Crippen molar-refractivity contribution >= 4 is 23.5 Å². The number of methoxy groups -OCH3 is 1. The zero-order valence-corrected chi connectivity index (χ0v) is 21.6. The molecular formula is C29H35N3O4. The lowest BCUT2D eigenvalue weighted by Gasteiger charge is -2.54. The highest BCUT2D eigenvalue weighted by Gasteiger charge is 2.48. The molecule has 0 bridgehead atoms. The summed E-state index contributed by atoms with van der Waals surface area (Å²) in [5.74, 6) is -0.0983. The first-order valence-electron chi connectivity index (χ1n) is 12.8. The molecular weight excluding hydrogens is 454 g/mol. The van der Waals surface area contributed by atoms with Crippen LogP contribution in [0.4, 0.5) is 5.69 Å². The van der Waals surface area contributed by atoms with E-state index in [1.165, 1.54) is 7.11 Å².